The first kappa shape index (κ1) is 19.5. The van der Waals surface area contributed by atoms with Crippen molar-refractivity contribution >= 4 is 45.9 Å². The molecular weight excluding hydrogens is 382 g/mol. The van der Waals surface area contributed by atoms with Crippen LogP contribution in [-0.2, 0) is 4.79 Å². The van der Waals surface area contributed by atoms with E-state index in [4.69, 9.17) is 11.6 Å². The van der Waals surface area contributed by atoms with E-state index in [9.17, 15) is 9.59 Å². The highest BCUT2D eigenvalue weighted by atomic mass is 35.5. The van der Waals surface area contributed by atoms with E-state index >= 15 is 0 Å². The molecule has 0 aliphatic heterocycles. The molecule has 2 aromatic carbocycles. The Hall–Kier alpha value is -2.31. The van der Waals surface area contributed by atoms with E-state index in [1.165, 1.54) is 11.8 Å². The third kappa shape index (κ3) is 4.17. The van der Waals surface area contributed by atoms with Crippen LogP contribution in [0.2, 0.25) is 5.02 Å². The third-order valence-corrected chi connectivity index (χ3v) is 5.47. The highest BCUT2D eigenvalue weighted by molar-refractivity contribution is 8.00. The Balaban J connectivity index is 1.91. The summed E-state index contributed by atoms with van der Waals surface area (Å²) in [6.45, 7) is 5.63. The smallest absolute Gasteiger partial charge is 0.262 e. The van der Waals surface area contributed by atoms with Crippen LogP contribution in [0.25, 0.3) is 10.9 Å². The minimum atomic E-state index is -0.459. The highest BCUT2D eigenvalue weighted by Gasteiger charge is 2.21. The van der Waals surface area contributed by atoms with Gasteiger partial charge in [-0.15, -0.1) is 0 Å². The zero-order valence-corrected chi connectivity index (χ0v) is 16.8. The second kappa shape index (κ2) is 8.15. The van der Waals surface area contributed by atoms with E-state index < -0.39 is 5.25 Å². The lowest BCUT2D eigenvalue weighted by molar-refractivity contribution is -0.115. The van der Waals surface area contributed by atoms with Gasteiger partial charge in [0, 0.05) is 6.04 Å². The molecule has 0 spiro atoms. The van der Waals surface area contributed by atoms with Crippen LogP contribution in [0.1, 0.15) is 26.8 Å². The Kier molecular flexibility index (Phi) is 5.87. The van der Waals surface area contributed by atoms with Crippen LogP contribution in [-0.4, -0.2) is 20.7 Å². The average molecular weight is 402 g/mol. The number of nitrogens with zero attached hydrogens (tertiary/aromatic N) is 2. The molecule has 5 nitrogen and oxygen atoms in total. The molecular formula is C20H20ClN3O2S. The molecule has 7 heteroatoms. The van der Waals surface area contributed by atoms with Crippen molar-refractivity contribution in [2.75, 3.05) is 5.32 Å². The Morgan fingerprint density at radius 2 is 1.78 bits per heavy atom. The Bertz CT molecular complexity index is 1050. The number of hydrogen-bond donors (Lipinski definition) is 1. The molecule has 3 rings (SSSR count). The maximum Gasteiger partial charge on any atom is 0.262 e. The van der Waals surface area contributed by atoms with Gasteiger partial charge in [0.1, 0.15) is 0 Å². The molecule has 140 valence electrons. The Labute approximate surface area is 166 Å². The van der Waals surface area contributed by atoms with Crippen molar-refractivity contribution in [3.63, 3.8) is 0 Å². The summed E-state index contributed by atoms with van der Waals surface area (Å²) in [5, 5.41) is 3.94. The molecule has 0 aliphatic carbocycles. The number of carbonyl (C=O) groups excluding carboxylic acids is 1. The van der Waals surface area contributed by atoms with Crippen LogP contribution in [0.3, 0.4) is 0 Å². The minimum absolute atomic E-state index is 0.0732. The number of benzene rings is 2. The summed E-state index contributed by atoms with van der Waals surface area (Å²) in [6, 6.07) is 14.2. The van der Waals surface area contributed by atoms with Gasteiger partial charge < -0.3 is 5.32 Å². The van der Waals surface area contributed by atoms with Gasteiger partial charge in [0.25, 0.3) is 5.56 Å². The molecule has 1 atom stereocenters. The van der Waals surface area contributed by atoms with Crippen molar-refractivity contribution in [2.45, 2.75) is 37.2 Å². The van der Waals surface area contributed by atoms with Crippen LogP contribution in [0.5, 0.6) is 0 Å². The van der Waals surface area contributed by atoms with Crippen molar-refractivity contribution < 1.29 is 4.79 Å². The number of para-hydroxylation sites is 2. The highest BCUT2D eigenvalue weighted by Crippen LogP contribution is 2.27. The largest absolute Gasteiger partial charge is 0.324 e. The predicted molar refractivity (Wildman–Crippen MR) is 112 cm³/mol. The van der Waals surface area contributed by atoms with Gasteiger partial charge in [0.05, 0.1) is 26.9 Å². The molecule has 1 amide bonds. The Morgan fingerprint density at radius 3 is 2.48 bits per heavy atom. The van der Waals surface area contributed by atoms with Crippen molar-refractivity contribution in [1.82, 2.24) is 9.55 Å². The first-order chi connectivity index (χ1) is 12.9. The summed E-state index contributed by atoms with van der Waals surface area (Å²) in [5.74, 6) is -0.203. The maximum absolute atomic E-state index is 12.9. The second-order valence-electron chi connectivity index (χ2n) is 6.41. The SMILES string of the molecule is CC(C)n1c(S[C@@H](C)C(=O)Nc2ccccc2Cl)nc2ccccc2c1=O. The van der Waals surface area contributed by atoms with Crippen molar-refractivity contribution in [3.05, 3.63) is 63.9 Å². The van der Waals surface area contributed by atoms with Gasteiger partial charge in [-0.1, -0.05) is 47.6 Å². The molecule has 0 saturated carbocycles. The normalized spacial score (nSPS) is 12.3. The summed E-state index contributed by atoms with van der Waals surface area (Å²) in [6.07, 6.45) is 0. The molecule has 0 radical (unpaired) electrons. The van der Waals surface area contributed by atoms with E-state index in [0.717, 1.165) is 0 Å². The zero-order chi connectivity index (χ0) is 19.6. The van der Waals surface area contributed by atoms with Crippen LogP contribution < -0.4 is 10.9 Å². The number of anilines is 1. The van der Waals surface area contributed by atoms with Gasteiger partial charge in [-0.3, -0.25) is 14.2 Å². The summed E-state index contributed by atoms with van der Waals surface area (Å²) in [4.78, 5) is 30.1. The van der Waals surface area contributed by atoms with Gasteiger partial charge in [0.2, 0.25) is 5.91 Å². The number of halogens is 1. The van der Waals surface area contributed by atoms with E-state index in [0.29, 0.717) is 26.8 Å². The standard InChI is InChI=1S/C20H20ClN3O2S/c1-12(2)24-19(26)14-8-4-6-10-16(14)23-20(24)27-13(3)18(25)22-17-11-7-5-9-15(17)21/h4-13H,1-3H3,(H,22,25)/t13-/m0/s1. The molecule has 0 saturated heterocycles. The van der Waals surface area contributed by atoms with Crippen molar-refractivity contribution in [2.24, 2.45) is 0 Å². The third-order valence-electron chi connectivity index (χ3n) is 4.07. The topological polar surface area (TPSA) is 64.0 Å². The number of fused-ring (bicyclic) bond motifs is 1. The number of hydrogen-bond acceptors (Lipinski definition) is 4. The molecule has 27 heavy (non-hydrogen) atoms. The molecule has 0 unspecified atom stereocenters. The lowest BCUT2D eigenvalue weighted by atomic mass is 10.2. The molecule has 3 aromatic rings. The average Bonchev–Trinajstić information content (AvgIpc) is 2.63. The fraction of sp³-hybridized carbons (Fsp3) is 0.250. The van der Waals surface area contributed by atoms with E-state index in [1.807, 2.05) is 26.0 Å². The summed E-state index contributed by atoms with van der Waals surface area (Å²) < 4.78 is 1.63. The minimum Gasteiger partial charge on any atom is -0.324 e. The van der Waals surface area contributed by atoms with Crippen LogP contribution in [0.4, 0.5) is 5.69 Å². The number of thioether (sulfide) groups is 1. The van der Waals surface area contributed by atoms with Crippen molar-refractivity contribution in [1.29, 1.82) is 0 Å². The Morgan fingerprint density at radius 1 is 1.11 bits per heavy atom. The van der Waals surface area contributed by atoms with Gasteiger partial charge in [0.15, 0.2) is 5.16 Å². The van der Waals surface area contributed by atoms with Crippen molar-refractivity contribution in [3.8, 4) is 0 Å². The first-order valence-corrected chi connectivity index (χ1v) is 9.87. The molecule has 0 bridgehead atoms. The monoisotopic (exact) mass is 401 g/mol. The number of aromatic nitrogens is 2. The molecule has 0 fully saturated rings. The second-order valence-corrected chi connectivity index (χ2v) is 8.12. The predicted octanol–water partition coefficient (Wildman–Crippen LogP) is 4.75. The number of rotatable bonds is 5. The van der Waals surface area contributed by atoms with Crippen LogP contribution in [0, 0.1) is 0 Å². The van der Waals surface area contributed by atoms with E-state index in [1.54, 1.807) is 47.9 Å². The van der Waals surface area contributed by atoms with Crippen LogP contribution >= 0.6 is 23.4 Å². The number of nitrogens with one attached hydrogen (secondary N) is 1. The lowest BCUT2D eigenvalue weighted by Crippen LogP contribution is -2.28. The van der Waals surface area contributed by atoms with Crippen LogP contribution in [0.15, 0.2) is 58.5 Å². The molecule has 1 N–H and O–H groups in total. The molecule has 0 aliphatic rings. The molecule has 1 aromatic heterocycles. The van der Waals surface area contributed by atoms with Gasteiger partial charge >= 0.3 is 0 Å². The quantitative estimate of drug-likeness (QED) is 0.495. The van der Waals surface area contributed by atoms with E-state index in [2.05, 4.69) is 10.3 Å². The van der Waals surface area contributed by atoms with Gasteiger partial charge in [-0.2, -0.15) is 0 Å². The fourth-order valence-corrected chi connectivity index (χ4v) is 3.90. The zero-order valence-electron chi connectivity index (χ0n) is 15.3. The van der Waals surface area contributed by atoms with Gasteiger partial charge in [-0.05, 0) is 45.0 Å². The molecule has 1 heterocycles. The maximum atomic E-state index is 12.9. The summed E-state index contributed by atoms with van der Waals surface area (Å²) >= 11 is 7.36. The summed E-state index contributed by atoms with van der Waals surface area (Å²) in [5.41, 5.74) is 1.08. The summed E-state index contributed by atoms with van der Waals surface area (Å²) in [7, 11) is 0. The number of carbonyl (C=O) groups is 1. The fourth-order valence-electron chi connectivity index (χ4n) is 2.67. The van der Waals surface area contributed by atoms with Gasteiger partial charge in [-0.25, -0.2) is 4.98 Å². The first-order valence-electron chi connectivity index (χ1n) is 8.62. The van der Waals surface area contributed by atoms with E-state index in [-0.39, 0.29) is 17.5 Å². The number of amides is 1. The lowest BCUT2D eigenvalue weighted by Gasteiger charge is -2.18.